The van der Waals surface area contributed by atoms with Crippen molar-refractivity contribution >= 4 is 0 Å². The third kappa shape index (κ3) is 4.26. The van der Waals surface area contributed by atoms with E-state index in [9.17, 15) is 0 Å². The maximum atomic E-state index is 6.11. The molecule has 1 heteroatoms. The van der Waals surface area contributed by atoms with E-state index in [1.54, 1.807) is 0 Å². The molecule has 0 spiro atoms. The number of ether oxygens (including phenoxy) is 1. The molecule has 1 fully saturated rings. The van der Waals surface area contributed by atoms with E-state index in [-0.39, 0.29) is 5.60 Å². The van der Waals surface area contributed by atoms with E-state index in [1.807, 2.05) is 19.1 Å². The number of hydrogen-bond donors (Lipinski definition) is 0. The SMILES string of the molecule is C\C=C/C(=C\C=C/CC)OC1(C)CCCC1. The molecule has 0 aromatic heterocycles. The van der Waals surface area contributed by atoms with Crippen LogP contribution < -0.4 is 0 Å². The van der Waals surface area contributed by atoms with Crippen molar-refractivity contribution in [3.8, 4) is 0 Å². The Bertz CT molecular complexity index is 278. The predicted octanol–water partition coefficient (Wildman–Crippen LogP) is 4.76. The van der Waals surface area contributed by atoms with Crippen LogP contribution in [0.1, 0.15) is 52.9 Å². The van der Waals surface area contributed by atoms with E-state index in [4.69, 9.17) is 4.74 Å². The lowest BCUT2D eigenvalue weighted by molar-refractivity contribution is 0.0315. The predicted molar refractivity (Wildman–Crippen MR) is 70.3 cm³/mol. The minimum atomic E-state index is 0.0609. The van der Waals surface area contributed by atoms with Crippen LogP contribution in [0.5, 0.6) is 0 Å². The van der Waals surface area contributed by atoms with Crippen LogP contribution >= 0.6 is 0 Å². The van der Waals surface area contributed by atoms with E-state index in [0.29, 0.717) is 0 Å². The summed E-state index contributed by atoms with van der Waals surface area (Å²) in [7, 11) is 0. The summed E-state index contributed by atoms with van der Waals surface area (Å²) in [6.07, 6.45) is 16.4. The van der Waals surface area contributed by atoms with Gasteiger partial charge >= 0.3 is 0 Å². The van der Waals surface area contributed by atoms with E-state index in [1.165, 1.54) is 25.7 Å². The molecule has 16 heavy (non-hydrogen) atoms. The van der Waals surface area contributed by atoms with E-state index < -0.39 is 0 Å². The topological polar surface area (TPSA) is 9.23 Å². The van der Waals surface area contributed by atoms with Crippen molar-refractivity contribution in [2.45, 2.75) is 58.5 Å². The number of hydrogen-bond acceptors (Lipinski definition) is 1. The fraction of sp³-hybridized carbons (Fsp3) is 0.600. The van der Waals surface area contributed by atoms with Crippen LogP contribution in [0.25, 0.3) is 0 Å². The van der Waals surface area contributed by atoms with Gasteiger partial charge in [0.05, 0.1) is 0 Å². The highest BCUT2D eigenvalue weighted by Crippen LogP contribution is 2.34. The molecule has 90 valence electrons. The Morgan fingerprint density at radius 3 is 2.56 bits per heavy atom. The molecule has 1 saturated carbocycles. The summed E-state index contributed by atoms with van der Waals surface area (Å²) < 4.78 is 6.11. The first-order valence-corrected chi connectivity index (χ1v) is 6.39. The van der Waals surface area contributed by atoms with Gasteiger partial charge in [-0.15, -0.1) is 0 Å². The second-order valence-corrected chi connectivity index (χ2v) is 4.66. The second-order valence-electron chi connectivity index (χ2n) is 4.66. The lowest BCUT2D eigenvalue weighted by atomic mass is 10.1. The molecule has 0 N–H and O–H groups in total. The van der Waals surface area contributed by atoms with Crippen LogP contribution in [0, 0.1) is 0 Å². The lowest BCUT2D eigenvalue weighted by Crippen LogP contribution is -2.23. The molecule has 0 aromatic carbocycles. The summed E-state index contributed by atoms with van der Waals surface area (Å²) in [4.78, 5) is 0. The Morgan fingerprint density at radius 2 is 2.00 bits per heavy atom. The van der Waals surface area contributed by atoms with Gasteiger partial charge in [0.15, 0.2) is 0 Å². The maximum Gasteiger partial charge on any atom is 0.119 e. The Hall–Kier alpha value is -0.980. The molecule has 0 aliphatic heterocycles. The van der Waals surface area contributed by atoms with Crippen LogP contribution in [-0.2, 0) is 4.74 Å². The summed E-state index contributed by atoms with van der Waals surface area (Å²) >= 11 is 0. The summed E-state index contributed by atoms with van der Waals surface area (Å²) in [5.74, 6) is 0.983. The van der Waals surface area contributed by atoms with Gasteiger partial charge in [-0.2, -0.15) is 0 Å². The van der Waals surface area contributed by atoms with E-state index >= 15 is 0 Å². The zero-order chi connectivity index (χ0) is 11.9. The Balaban J connectivity index is 2.63. The van der Waals surface area contributed by atoms with Gasteiger partial charge in [0.1, 0.15) is 11.4 Å². The quantitative estimate of drug-likeness (QED) is 0.479. The highest BCUT2D eigenvalue weighted by Gasteiger charge is 2.30. The van der Waals surface area contributed by atoms with Gasteiger partial charge in [0.25, 0.3) is 0 Å². The first kappa shape index (κ1) is 13.1. The normalized spacial score (nSPS) is 21.1. The molecule has 1 aliphatic carbocycles. The van der Waals surface area contributed by atoms with Gasteiger partial charge in [-0.25, -0.2) is 0 Å². The molecular weight excluding hydrogens is 196 g/mol. The van der Waals surface area contributed by atoms with Crippen molar-refractivity contribution in [1.29, 1.82) is 0 Å². The minimum absolute atomic E-state index is 0.0609. The van der Waals surface area contributed by atoms with Crippen molar-refractivity contribution in [3.63, 3.8) is 0 Å². The average molecular weight is 220 g/mol. The van der Waals surface area contributed by atoms with Gasteiger partial charge in [-0.3, -0.25) is 0 Å². The monoisotopic (exact) mass is 220 g/mol. The third-order valence-electron chi connectivity index (χ3n) is 2.99. The molecule has 0 bridgehead atoms. The maximum absolute atomic E-state index is 6.11. The van der Waals surface area contributed by atoms with Gasteiger partial charge < -0.3 is 4.74 Å². The first-order chi connectivity index (χ1) is 7.70. The van der Waals surface area contributed by atoms with Crippen molar-refractivity contribution < 1.29 is 4.74 Å². The van der Waals surface area contributed by atoms with Crippen LogP contribution in [0.3, 0.4) is 0 Å². The summed E-state index contributed by atoms with van der Waals surface area (Å²) in [6, 6.07) is 0. The molecule has 0 unspecified atom stereocenters. The zero-order valence-electron chi connectivity index (χ0n) is 10.8. The highest BCUT2D eigenvalue weighted by atomic mass is 16.5. The van der Waals surface area contributed by atoms with Crippen LogP contribution in [0.15, 0.2) is 36.1 Å². The molecule has 0 amide bonds. The van der Waals surface area contributed by atoms with Gasteiger partial charge in [-0.1, -0.05) is 25.2 Å². The molecule has 0 aromatic rings. The Morgan fingerprint density at radius 1 is 1.31 bits per heavy atom. The van der Waals surface area contributed by atoms with E-state index in [0.717, 1.165) is 12.2 Å². The number of rotatable bonds is 5. The first-order valence-electron chi connectivity index (χ1n) is 6.39. The van der Waals surface area contributed by atoms with Crippen molar-refractivity contribution in [1.82, 2.24) is 0 Å². The smallest absolute Gasteiger partial charge is 0.119 e. The van der Waals surface area contributed by atoms with Gasteiger partial charge in [0.2, 0.25) is 0 Å². The van der Waals surface area contributed by atoms with E-state index in [2.05, 4.69) is 32.1 Å². The van der Waals surface area contributed by atoms with Gasteiger partial charge in [-0.05, 0) is 58.1 Å². The molecule has 0 heterocycles. The van der Waals surface area contributed by atoms with Crippen molar-refractivity contribution in [3.05, 3.63) is 36.1 Å². The highest BCUT2D eigenvalue weighted by molar-refractivity contribution is 5.19. The zero-order valence-corrected chi connectivity index (χ0v) is 10.8. The molecule has 0 atom stereocenters. The lowest BCUT2D eigenvalue weighted by Gasteiger charge is -2.26. The molecule has 0 radical (unpaired) electrons. The molecular formula is C15H24O. The summed E-state index contributed by atoms with van der Waals surface area (Å²) in [5, 5.41) is 0. The molecule has 1 rings (SSSR count). The minimum Gasteiger partial charge on any atom is -0.488 e. The second kappa shape index (κ2) is 6.57. The summed E-state index contributed by atoms with van der Waals surface area (Å²) in [6.45, 7) is 6.39. The third-order valence-corrected chi connectivity index (χ3v) is 2.99. The molecule has 1 aliphatic rings. The number of allylic oxidation sites excluding steroid dienone is 5. The Labute approximate surface area is 99.9 Å². The molecule has 0 saturated heterocycles. The van der Waals surface area contributed by atoms with Crippen molar-refractivity contribution in [2.24, 2.45) is 0 Å². The van der Waals surface area contributed by atoms with Crippen molar-refractivity contribution in [2.75, 3.05) is 0 Å². The van der Waals surface area contributed by atoms with Gasteiger partial charge in [0, 0.05) is 0 Å². The fourth-order valence-corrected chi connectivity index (χ4v) is 2.10. The molecule has 1 nitrogen and oxygen atoms in total. The summed E-state index contributed by atoms with van der Waals surface area (Å²) in [5.41, 5.74) is 0.0609. The fourth-order valence-electron chi connectivity index (χ4n) is 2.10. The Kier molecular flexibility index (Phi) is 5.37. The largest absolute Gasteiger partial charge is 0.488 e. The average Bonchev–Trinajstić information content (AvgIpc) is 2.65. The van der Waals surface area contributed by atoms with Crippen LogP contribution in [-0.4, -0.2) is 5.60 Å². The van der Waals surface area contributed by atoms with Crippen LogP contribution in [0.2, 0.25) is 0 Å². The van der Waals surface area contributed by atoms with Crippen LogP contribution in [0.4, 0.5) is 0 Å². The standard InChI is InChI=1S/C15H24O/c1-4-6-7-11-14(10-5-2)16-15(3)12-8-9-13-15/h5-7,10-11H,4,8-9,12-13H2,1-3H3/b7-6-,10-5-,14-11+.